The second-order valence-electron chi connectivity index (χ2n) is 3.33. The van der Waals surface area contributed by atoms with Gasteiger partial charge < -0.3 is 5.73 Å². The molecule has 0 saturated carbocycles. The van der Waals surface area contributed by atoms with Gasteiger partial charge in [0.25, 0.3) is 0 Å². The van der Waals surface area contributed by atoms with Gasteiger partial charge in [0.2, 0.25) is 0 Å². The molecule has 0 aliphatic heterocycles. The molecule has 0 saturated heterocycles. The third-order valence-corrected chi connectivity index (χ3v) is 4.67. The van der Waals surface area contributed by atoms with Crippen molar-refractivity contribution in [3.05, 3.63) is 54.8 Å². The Kier molecular flexibility index (Phi) is 3.79. The summed E-state index contributed by atoms with van der Waals surface area (Å²) in [5, 5.41) is 3.93. The van der Waals surface area contributed by atoms with Crippen molar-refractivity contribution in [2.24, 2.45) is 5.73 Å². The predicted octanol–water partition coefficient (Wildman–Crippen LogP) is 4.46. The molecular formula is C11H8Br2FNS. The Bertz CT molecular complexity index is 512. The third-order valence-electron chi connectivity index (χ3n) is 2.28. The zero-order valence-corrected chi connectivity index (χ0v) is 12.1. The van der Waals surface area contributed by atoms with Gasteiger partial charge in [-0.3, -0.25) is 0 Å². The summed E-state index contributed by atoms with van der Waals surface area (Å²) < 4.78 is 14.8. The standard InChI is InChI=1S/C11H8Br2FNS/c12-8-2-1-6(3-10(8)14)11(15)7-4-16-5-9(7)13/h1-5,11H,15H2. The van der Waals surface area contributed by atoms with Crippen LogP contribution in [0.5, 0.6) is 0 Å². The Morgan fingerprint density at radius 2 is 1.94 bits per heavy atom. The number of hydrogen-bond acceptors (Lipinski definition) is 2. The summed E-state index contributed by atoms with van der Waals surface area (Å²) in [5.74, 6) is -0.292. The van der Waals surface area contributed by atoms with E-state index in [1.54, 1.807) is 17.4 Å². The largest absolute Gasteiger partial charge is 0.320 e. The average molecular weight is 365 g/mol. The van der Waals surface area contributed by atoms with Crippen molar-refractivity contribution in [2.45, 2.75) is 6.04 Å². The summed E-state index contributed by atoms with van der Waals surface area (Å²) in [4.78, 5) is 0. The van der Waals surface area contributed by atoms with E-state index in [1.807, 2.05) is 16.8 Å². The van der Waals surface area contributed by atoms with E-state index < -0.39 is 0 Å². The van der Waals surface area contributed by atoms with Crippen molar-refractivity contribution in [1.82, 2.24) is 0 Å². The van der Waals surface area contributed by atoms with E-state index in [0.29, 0.717) is 4.47 Å². The fraction of sp³-hybridized carbons (Fsp3) is 0.0909. The maximum atomic E-state index is 13.4. The fourth-order valence-electron chi connectivity index (χ4n) is 1.40. The van der Waals surface area contributed by atoms with E-state index >= 15 is 0 Å². The highest BCUT2D eigenvalue weighted by atomic mass is 79.9. The van der Waals surface area contributed by atoms with Gasteiger partial charge in [0.1, 0.15) is 5.82 Å². The molecule has 0 radical (unpaired) electrons. The van der Waals surface area contributed by atoms with Gasteiger partial charge in [0, 0.05) is 9.85 Å². The van der Waals surface area contributed by atoms with E-state index in [0.717, 1.165) is 15.6 Å². The number of hydrogen-bond donors (Lipinski definition) is 1. The quantitative estimate of drug-likeness (QED) is 0.836. The number of thiophene rings is 1. The van der Waals surface area contributed by atoms with E-state index in [-0.39, 0.29) is 11.9 Å². The highest BCUT2D eigenvalue weighted by Crippen LogP contribution is 2.31. The lowest BCUT2D eigenvalue weighted by atomic mass is 10.0. The highest BCUT2D eigenvalue weighted by molar-refractivity contribution is 9.10. The smallest absolute Gasteiger partial charge is 0.137 e. The molecule has 1 heterocycles. The monoisotopic (exact) mass is 363 g/mol. The van der Waals surface area contributed by atoms with Gasteiger partial charge in [-0.25, -0.2) is 4.39 Å². The van der Waals surface area contributed by atoms with Crippen molar-refractivity contribution in [3.8, 4) is 0 Å². The van der Waals surface area contributed by atoms with Crippen LogP contribution in [0, 0.1) is 5.82 Å². The first kappa shape index (κ1) is 12.2. The van der Waals surface area contributed by atoms with Crippen LogP contribution in [0.25, 0.3) is 0 Å². The number of halogens is 3. The van der Waals surface area contributed by atoms with Crippen LogP contribution >= 0.6 is 43.2 Å². The van der Waals surface area contributed by atoms with Gasteiger partial charge in [-0.15, -0.1) is 0 Å². The Morgan fingerprint density at radius 3 is 2.50 bits per heavy atom. The molecule has 2 aromatic rings. The molecule has 84 valence electrons. The van der Waals surface area contributed by atoms with E-state index in [1.165, 1.54) is 6.07 Å². The van der Waals surface area contributed by atoms with E-state index in [9.17, 15) is 4.39 Å². The SMILES string of the molecule is NC(c1ccc(Br)c(F)c1)c1cscc1Br. The molecule has 1 atom stereocenters. The van der Waals surface area contributed by atoms with Crippen molar-refractivity contribution >= 4 is 43.2 Å². The summed E-state index contributed by atoms with van der Waals surface area (Å²) in [6.45, 7) is 0. The summed E-state index contributed by atoms with van der Waals surface area (Å²) in [5.41, 5.74) is 7.82. The van der Waals surface area contributed by atoms with Crippen LogP contribution in [0.3, 0.4) is 0 Å². The van der Waals surface area contributed by atoms with Crippen LogP contribution < -0.4 is 5.73 Å². The van der Waals surface area contributed by atoms with Gasteiger partial charge >= 0.3 is 0 Å². The summed E-state index contributed by atoms with van der Waals surface area (Å²) in [6.07, 6.45) is 0. The lowest BCUT2D eigenvalue weighted by Crippen LogP contribution is -2.11. The van der Waals surface area contributed by atoms with Crippen molar-refractivity contribution < 1.29 is 4.39 Å². The molecular weight excluding hydrogens is 357 g/mol. The van der Waals surface area contributed by atoms with Crippen LogP contribution in [-0.4, -0.2) is 0 Å². The molecule has 0 aliphatic carbocycles. The molecule has 0 aliphatic rings. The van der Waals surface area contributed by atoms with Crippen LogP contribution in [0.4, 0.5) is 4.39 Å². The third kappa shape index (κ3) is 2.37. The maximum absolute atomic E-state index is 13.4. The minimum absolute atomic E-state index is 0.292. The zero-order chi connectivity index (χ0) is 11.7. The van der Waals surface area contributed by atoms with E-state index in [2.05, 4.69) is 31.9 Å². The molecule has 2 rings (SSSR count). The van der Waals surface area contributed by atoms with E-state index in [4.69, 9.17) is 5.73 Å². The zero-order valence-electron chi connectivity index (χ0n) is 8.08. The molecule has 2 N–H and O–H groups in total. The topological polar surface area (TPSA) is 26.0 Å². The van der Waals surface area contributed by atoms with Crippen molar-refractivity contribution in [1.29, 1.82) is 0 Å². The first-order chi connectivity index (χ1) is 7.59. The molecule has 0 bridgehead atoms. The molecule has 0 spiro atoms. The number of benzene rings is 1. The molecule has 1 aromatic heterocycles. The van der Waals surface area contributed by atoms with Gasteiger partial charge in [-0.1, -0.05) is 6.07 Å². The Labute approximate surface area is 114 Å². The van der Waals surface area contributed by atoms with Crippen molar-refractivity contribution in [3.63, 3.8) is 0 Å². The Balaban J connectivity index is 2.38. The Hall–Kier alpha value is -0.230. The Morgan fingerprint density at radius 1 is 1.19 bits per heavy atom. The summed E-state index contributed by atoms with van der Waals surface area (Å²) >= 11 is 8.11. The summed E-state index contributed by atoms with van der Waals surface area (Å²) in [6, 6.07) is 4.65. The minimum Gasteiger partial charge on any atom is -0.320 e. The lowest BCUT2D eigenvalue weighted by Gasteiger charge is -2.12. The van der Waals surface area contributed by atoms with Gasteiger partial charge in [-0.2, -0.15) is 11.3 Å². The number of nitrogens with two attached hydrogens (primary N) is 1. The first-order valence-corrected chi connectivity index (χ1v) is 7.04. The maximum Gasteiger partial charge on any atom is 0.137 e. The molecule has 1 unspecified atom stereocenters. The normalized spacial score (nSPS) is 12.8. The predicted molar refractivity (Wildman–Crippen MR) is 72.1 cm³/mol. The molecule has 0 fully saturated rings. The van der Waals surface area contributed by atoms with Crippen molar-refractivity contribution in [2.75, 3.05) is 0 Å². The molecule has 0 amide bonds. The average Bonchev–Trinajstić information content (AvgIpc) is 2.67. The molecule has 1 nitrogen and oxygen atoms in total. The van der Waals surface area contributed by atoms with Crippen LogP contribution in [0.1, 0.15) is 17.2 Å². The van der Waals surface area contributed by atoms with Gasteiger partial charge in [0.15, 0.2) is 0 Å². The molecule has 1 aromatic carbocycles. The summed E-state index contributed by atoms with van der Waals surface area (Å²) in [7, 11) is 0. The fourth-order valence-corrected chi connectivity index (χ4v) is 3.23. The molecule has 5 heteroatoms. The van der Waals surface area contributed by atoms with Crippen LogP contribution in [0.2, 0.25) is 0 Å². The highest BCUT2D eigenvalue weighted by Gasteiger charge is 2.14. The van der Waals surface area contributed by atoms with Crippen LogP contribution in [-0.2, 0) is 0 Å². The molecule has 16 heavy (non-hydrogen) atoms. The first-order valence-electron chi connectivity index (χ1n) is 4.51. The second kappa shape index (κ2) is 4.96. The number of rotatable bonds is 2. The van der Waals surface area contributed by atoms with Crippen LogP contribution in [0.15, 0.2) is 37.9 Å². The van der Waals surface area contributed by atoms with Gasteiger partial charge in [-0.05, 0) is 60.5 Å². The minimum atomic E-state index is -0.303. The van der Waals surface area contributed by atoms with Gasteiger partial charge in [0.05, 0.1) is 10.5 Å². The lowest BCUT2D eigenvalue weighted by molar-refractivity contribution is 0.617. The second-order valence-corrected chi connectivity index (χ2v) is 5.78.